The molecule has 1 unspecified atom stereocenters. The minimum atomic E-state index is -4.46. The molecule has 13 heteroatoms. The summed E-state index contributed by atoms with van der Waals surface area (Å²) < 4.78 is 23.1. The fourth-order valence-electron chi connectivity index (χ4n) is 3.26. The first-order valence-corrected chi connectivity index (χ1v) is 9.98. The summed E-state index contributed by atoms with van der Waals surface area (Å²) in [4.78, 5) is 52.5. The van der Waals surface area contributed by atoms with Crippen molar-refractivity contribution in [3.63, 3.8) is 0 Å². The van der Waals surface area contributed by atoms with E-state index in [-0.39, 0.29) is 17.5 Å². The second-order valence-electron chi connectivity index (χ2n) is 6.36. The highest BCUT2D eigenvalue weighted by Crippen LogP contribution is 2.38. The number of ether oxygens (including phenoxy) is 2. The number of rotatable bonds is 6. The van der Waals surface area contributed by atoms with Gasteiger partial charge in [-0.15, -0.1) is 0 Å². The Morgan fingerprint density at radius 2 is 2.26 bits per heavy atom. The van der Waals surface area contributed by atoms with E-state index in [2.05, 4.69) is 19.7 Å². The number of nitrogens with two attached hydrogens (primary N) is 1. The zero-order chi connectivity index (χ0) is 19.8. The topological polar surface area (TPSA) is 183 Å². The van der Waals surface area contributed by atoms with Gasteiger partial charge in [-0.2, -0.15) is 4.98 Å². The molecule has 0 bridgehead atoms. The number of nitrogens with zero attached hydrogens (tertiary/aromatic N) is 3. The third kappa shape index (κ3) is 4.35. The molecular weight excluding hydrogens is 381 g/mol. The molecule has 1 saturated carbocycles. The van der Waals surface area contributed by atoms with Gasteiger partial charge in [0.15, 0.2) is 17.3 Å². The summed E-state index contributed by atoms with van der Waals surface area (Å²) in [6.45, 7) is 0. The molecule has 0 saturated heterocycles. The van der Waals surface area contributed by atoms with Crippen molar-refractivity contribution >= 4 is 30.7 Å². The highest BCUT2D eigenvalue weighted by molar-refractivity contribution is 7.51. The number of anilines is 1. The van der Waals surface area contributed by atoms with Gasteiger partial charge < -0.3 is 29.6 Å². The lowest BCUT2D eigenvalue weighted by Crippen LogP contribution is -2.33. The molecule has 0 aromatic carbocycles. The average molecular weight is 401 g/mol. The van der Waals surface area contributed by atoms with Gasteiger partial charge in [0.1, 0.15) is 0 Å². The monoisotopic (exact) mass is 401 g/mol. The van der Waals surface area contributed by atoms with Crippen LogP contribution in [0.15, 0.2) is 11.1 Å². The number of esters is 1. The van der Waals surface area contributed by atoms with Crippen LogP contribution >= 0.6 is 7.60 Å². The first-order valence-electron chi connectivity index (χ1n) is 8.18. The fraction of sp³-hybridized carbons (Fsp3) is 0.571. The zero-order valence-corrected chi connectivity index (χ0v) is 15.3. The zero-order valence-electron chi connectivity index (χ0n) is 14.4. The number of methoxy groups -OCH3 is 1. The molecule has 1 aliphatic carbocycles. The van der Waals surface area contributed by atoms with Crippen LogP contribution in [0.25, 0.3) is 11.2 Å². The molecule has 1 fully saturated rings. The standard InChI is InChI=1S/C14H20N5O7P/c1-25-13(21)9(5-27(22,23)24)26-8-3-2-7(4-8)19-6-16-10-11(19)17-14(15)18-12(10)20/h6-9H,2-5H2,1H3,(H2,22,23,24)(H3,15,17,18,20)/t7-,8+,9?/m0/s1. The van der Waals surface area contributed by atoms with Gasteiger partial charge in [-0.05, 0) is 19.3 Å². The Hall–Kier alpha value is -2.27. The number of imidazole rings is 1. The predicted octanol–water partition coefficient (Wildman–Crippen LogP) is -0.469. The number of nitrogen functional groups attached to an aromatic ring is 1. The first-order chi connectivity index (χ1) is 12.7. The van der Waals surface area contributed by atoms with Crippen molar-refractivity contribution in [3.05, 3.63) is 16.7 Å². The van der Waals surface area contributed by atoms with E-state index in [1.54, 1.807) is 4.57 Å². The van der Waals surface area contributed by atoms with E-state index >= 15 is 0 Å². The molecule has 2 aromatic heterocycles. The molecule has 0 amide bonds. The Kier molecular flexibility index (Phi) is 5.33. The van der Waals surface area contributed by atoms with Crippen LogP contribution in [0.1, 0.15) is 25.3 Å². The molecular formula is C14H20N5O7P. The van der Waals surface area contributed by atoms with Crippen LogP contribution < -0.4 is 11.3 Å². The molecule has 2 aromatic rings. The third-order valence-corrected chi connectivity index (χ3v) is 5.23. The van der Waals surface area contributed by atoms with Gasteiger partial charge in [0, 0.05) is 6.04 Å². The summed E-state index contributed by atoms with van der Waals surface area (Å²) >= 11 is 0. The van der Waals surface area contributed by atoms with Gasteiger partial charge in [0.25, 0.3) is 5.56 Å². The van der Waals surface area contributed by atoms with Gasteiger partial charge in [0.05, 0.1) is 25.7 Å². The molecule has 1 aliphatic rings. The number of hydrogen-bond acceptors (Lipinski definition) is 8. The predicted molar refractivity (Wildman–Crippen MR) is 93.0 cm³/mol. The summed E-state index contributed by atoms with van der Waals surface area (Å²) in [5.41, 5.74) is 5.68. The summed E-state index contributed by atoms with van der Waals surface area (Å²) in [6.07, 6.45) is 0.633. The molecule has 2 heterocycles. The molecule has 0 spiro atoms. The third-order valence-electron chi connectivity index (χ3n) is 4.43. The molecule has 3 rings (SSSR count). The summed E-state index contributed by atoms with van der Waals surface area (Å²) in [5, 5.41) is 0. The van der Waals surface area contributed by atoms with E-state index in [1.807, 2.05) is 0 Å². The molecule has 5 N–H and O–H groups in total. The molecule has 0 aliphatic heterocycles. The maximum Gasteiger partial charge on any atom is 0.335 e. The van der Waals surface area contributed by atoms with Gasteiger partial charge in [-0.3, -0.25) is 14.3 Å². The lowest BCUT2D eigenvalue weighted by atomic mass is 10.2. The number of aromatic amines is 1. The first kappa shape index (κ1) is 19.5. The number of aromatic nitrogens is 4. The number of hydrogen-bond donors (Lipinski definition) is 4. The van der Waals surface area contributed by atoms with Gasteiger partial charge in [0.2, 0.25) is 5.95 Å². The smallest absolute Gasteiger partial charge is 0.335 e. The summed E-state index contributed by atoms with van der Waals surface area (Å²) in [6, 6.07) is -0.109. The Bertz CT molecular complexity index is 951. The Morgan fingerprint density at radius 3 is 2.93 bits per heavy atom. The van der Waals surface area contributed by atoms with Crippen LogP contribution in [0.4, 0.5) is 5.95 Å². The fourth-order valence-corrected chi connectivity index (χ4v) is 3.92. The van der Waals surface area contributed by atoms with Crippen molar-refractivity contribution in [2.75, 3.05) is 19.0 Å². The number of carbonyl (C=O) groups is 1. The largest absolute Gasteiger partial charge is 0.467 e. The second-order valence-corrected chi connectivity index (χ2v) is 8.05. The molecule has 148 valence electrons. The Labute approximate surface area is 152 Å². The lowest BCUT2D eigenvalue weighted by molar-refractivity contribution is -0.156. The van der Waals surface area contributed by atoms with Crippen molar-refractivity contribution in [3.8, 4) is 0 Å². The number of fused-ring (bicyclic) bond motifs is 1. The average Bonchev–Trinajstić information content (AvgIpc) is 3.18. The van der Waals surface area contributed by atoms with E-state index in [0.29, 0.717) is 24.9 Å². The van der Waals surface area contributed by atoms with Crippen LogP contribution in [-0.4, -0.2) is 60.8 Å². The highest BCUT2D eigenvalue weighted by Gasteiger charge is 2.35. The molecule has 12 nitrogen and oxygen atoms in total. The van der Waals surface area contributed by atoms with Gasteiger partial charge in [-0.25, -0.2) is 9.78 Å². The maximum atomic E-state index is 11.9. The van der Waals surface area contributed by atoms with Crippen LogP contribution in [-0.2, 0) is 18.8 Å². The van der Waals surface area contributed by atoms with Gasteiger partial charge >= 0.3 is 13.6 Å². The van der Waals surface area contributed by atoms with E-state index in [1.165, 1.54) is 6.33 Å². The maximum absolute atomic E-state index is 11.9. The Morgan fingerprint density at radius 1 is 1.52 bits per heavy atom. The quantitative estimate of drug-likeness (QED) is 0.365. The van der Waals surface area contributed by atoms with Crippen LogP contribution in [0, 0.1) is 0 Å². The number of nitrogens with one attached hydrogen (secondary N) is 1. The van der Waals surface area contributed by atoms with Crippen molar-refractivity contribution in [1.82, 2.24) is 19.5 Å². The molecule has 27 heavy (non-hydrogen) atoms. The SMILES string of the molecule is COC(=O)C(CP(=O)(O)O)O[C@@H]1CC[C@H](n2cnc3c(=O)[nH]c(N)nc32)C1. The van der Waals surface area contributed by atoms with Crippen molar-refractivity contribution < 1.29 is 28.6 Å². The van der Waals surface area contributed by atoms with E-state index < -0.39 is 37.5 Å². The minimum absolute atomic E-state index is 0.0209. The highest BCUT2D eigenvalue weighted by atomic mass is 31.2. The van der Waals surface area contributed by atoms with E-state index in [0.717, 1.165) is 7.11 Å². The summed E-state index contributed by atoms with van der Waals surface area (Å²) in [7, 11) is -3.33. The molecule has 0 radical (unpaired) electrons. The minimum Gasteiger partial charge on any atom is -0.467 e. The second kappa shape index (κ2) is 7.39. The Balaban J connectivity index is 1.76. The number of carbonyl (C=O) groups excluding carboxylic acids is 1. The van der Waals surface area contributed by atoms with Crippen LogP contribution in [0.5, 0.6) is 0 Å². The van der Waals surface area contributed by atoms with Crippen LogP contribution in [0.3, 0.4) is 0 Å². The van der Waals surface area contributed by atoms with Crippen molar-refractivity contribution in [2.45, 2.75) is 37.5 Å². The summed E-state index contributed by atoms with van der Waals surface area (Å²) in [5.74, 6) is -0.858. The van der Waals surface area contributed by atoms with Gasteiger partial charge in [-0.1, -0.05) is 0 Å². The van der Waals surface area contributed by atoms with E-state index in [9.17, 15) is 14.2 Å². The normalized spacial score (nSPS) is 21.4. The van der Waals surface area contributed by atoms with Crippen LogP contribution in [0.2, 0.25) is 0 Å². The lowest BCUT2D eigenvalue weighted by Gasteiger charge is -2.21. The van der Waals surface area contributed by atoms with Crippen molar-refractivity contribution in [1.29, 1.82) is 0 Å². The molecule has 3 atom stereocenters. The van der Waals surface area contributed by atoms with Crippen molar-refractivity contribution in [2.24, 2.45) is 0 Å². The number of H-pyrrole nitrogens is 1. The van der Waals surface area contributed by atoms with E-state index in [4.69, 9.17) is 20.3 Å².